The van der Waals surface area contributed by atoms with Crippen molar-refractivity contribution in [3.8, 4) is 0 Å². The summed E-state index contributed by atoms with van der Waals surface area (Å²) >= 11 is 0. The molecule has 2 aliphatic rings. The van der Waals surface area contributed by atoms with Gasteiger partial charge in [-0.2, -0.15) is 13.2 Å². The van der Waals surface area contributed by atoms with Gasteiger partial charge in [-0.25, -0.2) is 0 Å². The van der Waals surface area contributed by atoms with Crippen LogP contribution in [0.15, 0.2) is 42.6 Å². The molecule has 3 heterocycles. The Morgan fingerprint density at radius 3 is 2.33 bits per heavy atom. The number of fused-ring (bicyclic) bond motifs is 1. The lowest BCUT2D eigenvalue weighted by Gasteiger charge is -2.35. The van der Waals surface area contributed by atoms with Crippen LogP contribution in [0.3, 0.4) is 0 Å². The van der Waals surface area contributed by atoms with E-state index in [2.05, 4.69) is 22.3 Å². The molecule has 0 atom stereocenters. The number of piperidine rings is 1. The van der Waals surface area contributed by atoms with E-state index in [0.717, 1.165) is 19.3 Å². The van der Waals surface area contributed by atoms with Crippen molar-refractivity contribution in [2.24, 2.45) is 5.92 Å². The van der Waals surface area contributed by atoms with Gasteiger partial charge < -0.3 is 4.90 Å². The molecule has 0 amide bonds. The van der Waals surface area contributed by atoms with Gasteiger partial charge in [0.25, 0.3) is 0 Å². The third-order valence-corrected chi connectivity index (χ3v) is 6.49. The topological polar surface area (TPSA) is 33.4 Å². The zero-order valence-corrected chi connectivity index (χ0v) is 16.8. The van der Waals surface area contributed by atoms with E-state index < -0.39 is 11.7 Å². The number of halogens is 3. The summed E-state index contributed by atoms with van der Waals surface area (Å²) in [4.78, 5) is 1.86. The van der Waals surface area contributed by atoms with Crippen molar-refractivity contribution in [3.63, 3.8) is 0 Å². The number of hydrogen-bond acceptors (Lipinski definition) is 3. The van der Waals surface area contributed by atoms with E-state index in [9.17, 15) is 13.2 Å². The van der Waals surface area contributed by atoms with Crippen LogP contribution in [0.4, 0.5) is 18.9 Å². The van der Waals surface area contributed by atoms with Gasteiger partial charge >= 0.3 is 6.18 Å². The average Bonchev–Trinajstić information content (AvgIpc) is 3.50. The number of rotatable bonds is 5. The molecule has 30 heavy (non-hydrogen) atoms. The first-order valence-electron chi connectivity index (χ1n) is 10.7. The number of anilines is 1. The van der Waals surface area contributed by atoms with Crippen molar-refractivity contribution >= 4 is 11.3 Å². The van der Waals surface area contributed by atoms with Crippen LogP contribution in [-0.2, 0) is 12.6 Å². The lowest BCUT2D eigenvalue weighted by molar-refractivity contribution is -0.136. The van der Waals surface area contributed by atoms with Gasteiger partial charge in [0, 0.05) is 25.7 Å². The quantitative estimate of drug-likeness (QED) is 0.555. The minimum Gasteiger partial charge on any atom is -0.371 e. The molecule has 2 aromatic heterocycles. The van der Waals surface area contributed by atoms with Crippen molar-refractivity contribution in [2.45, 2.75) is 50.6 Å². The number of alkyl halides is 3. The minimum atomic E-state index is -4.48. The first kappa shape index (κ1) is 19.4. The highest BCUT2D eigenvalue weighted by molar-refractivity contribution is 5.67. The Bertz CT molecular complexity index is 1020. The molecule has 0 radical (unpaired) electrons. The highest BCUT2D eigenvalue weighted by Gasteiger charge is 2.39. The minimum absolute atomic E-state index is 0.0732. The van der Waals surface area contributed by atoms with Crippen LogP contribution in [-0.4, -0.2) is 27.7 Å². The Kier molecular flexibility index (Phi) is 4.91. The molecule has 0 spiro atoms. The van der Waals surface area contributed by atoms with Gasteiger partial charge in [-0.1, -0.05) is 43.2 Å². The first-order valence-corrected chi connectivity index (χ1v) is 10.7. The zero-order chi connectivity index (χ0) is 20.7. The number of aromatic nitrogens is 3. The summed E-state index contributed by atoms with van der Waals surface area (Å²) in [6, 6.07) is 11.8. The van der Waals surface area contributed by atoms with Crippen LogP contribution in [0.2, 0.25) is 0 Å². The van der Waals surface area contributed by atoms with Gasteiger partial charge in [-0.15, -0.1) is 10.2 Å². The number of aryl methyl sites for hydroxylation is 1. The van der Waals surface area contributed by atoms with E-state index in [1.165, 1.54) is 22.8 Å². The maximum absolute atomic E-state index is 14.1. The van der Waals surface area contributed by atoms with Gasteiger partial charge in [0.05, 0.1) is 5.69 Å². The predicted octanol–water partition coefficient (Wildman–Crippen LogP) is 5.47. The van der Waals surface area contributed by atoms with Crippen molar-refractivity contribution in [3.05, 3.63) is 59.5 Å². The van der Waals surface area contributed by atoms with Crippen LogP contribution in [0.25, 0.3) is 5.65 Å². The van der Waals surface area contributed by atoms with Gasteiger partial charge in [-0.05, 0) is 42.7 Å². The summed E-state index contributed by atoms with van der Waals surface area (Å²) < 4.78 is 43.8. The maximum atomic E-state index is 14.1. The molecule has 1 aliphatic heterocycles. The molecule has 2 fully saturated rings. The zero-order valence-electron chi connectivity index (χ0n) is 16.8. The Morgan fingerprint density at radius 2 is 1.67 bits per heavy atom. The molecular formula is C23H25F3N4. The standard InChI is InChI=1S/C23H25F3N4/c24-23(25,26)21-19(29-13-10-18(11-14-29)17-4-2-1-3-5-17)12-15-30-20(27-28-22(21)30)9-8-16-6-7-16/h1-5,12,15-16,18H,6-11,13-14H2. The Labute approximate surface area is 173 Å². The highest BCUT2D eigenvalue weighted by Crippen LogP contribution is 2.41. The van der Waals surface area contributed by atoms with Crippen LogP contribution in [0.5, 0.6) is 0 Å². The van der Waals surface area contributed by atoms with Crippen molar-refractivity contribution in [2.75, 3.05) is 18.0 Å². The van der Waals surface area contributed by atoms with Crippen LogP contribution in [0, 0.1) is 5.92 Å². The fourth-order valence-corrected chi connectivity index (χ4v) is 4.62. The van der Waals surface area contributed by atoms with E-state index in [1.807, 2.05) is 23.1 Å². The van der Waals surface area contributed by atoms with Gasteiger partial charge in [-0.3, -0.25) is 4.40 Å². The summed E-state index contributed by atoms with van der Waals surface area (Å²) in [5.74, 6) is 1.71. The Morgan fingerprint density at radius 1 is 0.933 bits per heavy atom. The SMILES string of the molecule is FC(F)(F)c1c(N2CCC(c3ccccc3)CC2)ccn2c(CCC3CC3)nnc12. The molecule has 3 aromatic rings. The van der Waals surface area contributed by atoms with Gasteiger partial charge in [0.1, 0.15) is 11.4 Å². The molecule has 1 saturated carbocycles. The van der Waals surface area contributed by atoms with Crippen LogP contribution < -0.4 is 4.90 Å². The number of benzene rings is 1. The number of pyridine rings is 1. The molecule has 0 bridgehead atoms. The molecule has 1 aliphatic carbocycles. The average molecular weight is 414 g/mol. The molecule has 0 unspecified atom stereocenters. The van der Waals surface area contributed by atoms with E-state index >= 15 is 0 Å². The lowest BCUT2D eigenvalue weighted by Crippen LogP contribution is -2.34. The largest absolute Gasteiger partial charge is 0.422 e. The molecule has 1 aromatic carbocycles. The second-order valence-corrected chi connectivity index (χ2v) is 8.54. The first-order chi connectivity index (χ1) is 14.5. The van der Waals surface area contributed by atoms with E-state index in [-0.39, 0.29) is 11.3 Å². The molecule has 1 saturated heterocycles. The Hall–Kier alpha value is -2.57. The fourth-order valence-electron chi connectivity index (χ4n) is 4.62. The van der Waals surface area contributed by atoms with Crippen LogP contribution in [0.1, 0.15) is 55.0 Å². The predicted molar refractivity (Wildman–Crippen MR) is 110 cm³/mol. The van der Waals surface area contributed by atoms with Crippen molar-refractivity contribution in [1.82, 2.24) is 14.6 Å². The number of hydrogen-bond donors (Lipinski definition) is 0. The third kappa shape index (κ3) is 3.77. The molecular weight excluding hydrogens is 389 g/mol. The number of nitrogens with zero attached hydrogens (tertiary/aromatic N) is 4. The van der Waals surface area contributed by atoms with Crippen LogP contribution >= 0.6 is 0 Å². The second-order valence-electron chi connectivity index (χ2n) is 8.54. The summed E-state index contributed by atoms with van der Waals surface area (Å²) in [6.45, 7) is 1.20. The smallest absolute Gasteiger partial charge is 0.371 e. The van der Waals surface area contributed by atoms with Crippen molar-refractivity contribution < 1.29 is 13.2 Å². The monoisotopic (exact) mass is 414 g/mol. The maximum Gasteiger partial charge on any atom is 0.422 e. The molecule has 158 valence electrons. The molecule has 0 N–H and O–H groups in total. The molecule has 7 heteroatoms. The molecule has 5 rings (SSSR count). The van der Waals surface area contributed by atoms with E-state index in [1.54, 1.807) is 12.3 Å². The van der Waals surface area contributed by atoms with Gasteiger partial charge in [0.2, 0.25) is 0 Å². The fraction of sp³-hybridized carbons (Fsp3) is 0.478. The third-order valence-electron chi connectivity index (χ3n) is 6.49. The highest BCUT2D eigenvalue weighted by atomic mass is 19.4. The van der Waals surface area contributed by atoms with Crippen molar-refractivity contribution in [1.29, 1.82) is 0 Å². The summed E-state index contributed by atoms with van der Waals surface area (Å²) in [5, 5.41) is 8.07. The summed E-state index contributed by atoms with van der Waals surface area (Å²) in [7, 11) is 0. The van der Waals surface area contributed by atoms with Gasteiger partial charge in [0.15, 0.2) is 5.65 Å². The summed E-state index contributed by atoms with van der Waals surface area (Å²) in [6.07, 6.45) is 2.99. The molecule has 4 nitrogen and oxygen atoms in total. The lowest BCUT2D eigenvalue weighted by atomic mass is 9.89. The normalized spacial score (nSPS) is 18.3. The Balaban J connectivity index is 1.42. The summed E-state index contributed by atoms with van der Waals surface area (Å²) in [5.41, 5.74) is 0.758. The van der Waals surface area contributed by atoms with E-state index in [4.69, 9.17) is 0 Å². The second kappa shape index (κ2) is 7.60. The van der Waals surface area contributed by atoms with E-state index in [0.29, 0.717) is 37.2 Å².